The van der Waals surface area contributed by atoms with E-state index in [9.17, 15) is 22.8 Å². The van der Waals surface area contributed by atoms with Gasteiger partial charge in [-0.2, -0.15) is 13.2 Å². The van der Waals surface area contributed by atoms with Gasteiger partial charge in [0.15, 0.2) is 6.04 Å². The van der Waals surface area contributed by atoms with Gasteiger partial charge in [-0.25, -0.2) is 0 Å². The largest absolute Gasteiger partial charge is 0.412 e. The lowest BCUT2D eigenvalue weighted by atomic mass is 10.0. The maximum atomic E-state index is 12.4. The molecule has 0 rings (SSSR count). The molecule has 0 aliphatic heterocycles. The zero-order valence-corrected chi connectivity index (χ0v) is 14.9. The summed E-state index contributed by atoms with van der Waals surface area (Å²) in [6.07, 6.45) is -4.01. The second kappa shape index (κ2) is 9.83. The van der Waals surface area contributed by atoms with Crippen molar-refractivity contribution in [3.63, 3.8) is 0 Å². The van der Waals surface area contributed by atoms with E-state index in [1.807, 2.05) is 25.7 Å². The molecular weight excluding hydrogens is 325 g/mol. The third-order valence-electron chi connectivity index (χ3n) is 3.66. The summed E-state index contributed by atoms with van der Waals surface area (Å²) < 4.78 is 37.2. The first kappa shape index (κ1) is 22.6. The molecule has 0 saturated carbocycles. The smallest absolute Gasteiger partial charge is 0.353 e. The van der Waals surface area contributed by atoms with Gasteiger partial charge >= 0.3 is 6.18 Å². The Kier molecular flexibility index (Phi) is 9.27. The predicted molar refractivity (Wildman–Crippen MR) is 86.2 cm³/mol. The summed E-state index contributed by atoms with van der Waals surface area (Å²) in [5, 5.41) is 5.07. The highest BCUT2D eigenvalue weighted by molar-refractivity contribution is 5.83. The van der Waals surface area contributed by atoms with Gasteiger partial charge in [-0.15, -0.1) is 0 Å². The maximum absolute atomic E-state index is 12.4. The molecule has 0 aromatic carbocycles. The predicted octanol–water partition coefficient (Wildman–Crippen LogP) is 1.01. The van der Waals surface area contributed by atoms with Gasteiger partial charge in [-0.1, -0.05) is 6.92 Å². The molecule has 0 radical (unpaired) electrons. The summed E-state index contributed by atoms with van der Waals surface area (Å²) in [5.41, 5.74) is 4.86. The number of nitrogens with one attached hydrogen (secondary N) is 2. The molecule has 0 aliphatic carbocycles. The topological polar surface area (TPSA) is 87.5 Å². The van der Waals surface area contributed by atoms with Crippen LogP contribution in [0.2, 0.25) is 0 Å². The Morgan fingerprint density at radius 2 is 1.62 bits per heavy atom. The molecule has 0 aromatic heterocycles. The lowest BCUT2D eigenvalue weighted by Gasteiger charge is -2.28. The summed E-state index contributed by atoms with van der Waals surface area (Å²) in [5.74, 6) is -1.40. The van der Waals surface area contributed by atoms with Crippen LogP contribution in [0.25, 0.3) is 0 Å². The molecule has 9 heteroatoms. The molecule has 0 saturated heterocycles. The standard InChI is InChI=1S/C15H29F3N4O2/c1-6-22(5)11(13(23)20-9(2)3)8-7-10(4)21-14(24)12(19)15(16,17)18/h9-12H,6-8,19H2,1-5H3,(H,20,23)(H,21,24). The van der Waals surface area contributed by atoms with Crippen LogP contribution in [-0.4, -0.2) is 60.7 Å². The van der Waals surface area contributed by atoms with Crippen molar-refractivity contribution in [2.75, 3.05) is 13.6 Å². The first-order valence-corrected chi connectivity index (χ1v) is 8.03. The summed E-state index contributed by atoms with van der Waals surface area (Å²) in [4.78, 5) is 25.5. The molecule has 2 amide bonds. The van der Waals surface area contributed by atoms with E-state index in [0.29, 0.717) is 19.4 Å². The second-order valence-electron chi connectivity index (χ2n) is 6.26. The minimum Gasteiger partial charge on any atom is -0.353 e. The molecule has 0 fully saturated rings. The molecule has 6 nitrogen and oxygen atoms in total. The fraction of sp³-hybridized carbons (Fsp3) is 0.867. The molecule has 0 aliphatic rings. The maximum Gasteiger partial charge on any atom is 0.412 e. The number of hydrogen-bond acceptors (Lipinski definition) is 4. The molecule has 0 heterocycles. The van der Waals surface area contributed by atoms with E-state index in [-0.39, 0.29) is 11.9 Å². The van der Waals surface area contributed by atoms with E-state index in [1.54, 1.807) is 14.0 Å². The molecule has 3 unspecified atom stereocenters. The third kappa shape index (κ3) is 7.96. The Morgan fingerprint density at radius 3 is 2.04 bits per heavy atom. The quantitative estimate of drug-likeness (QED) is 0.577. The summed E-state index contributed by atoms with van der Waals surface area (Å²) >= 11 is 0. The van der Waals surface area contributed by atoms with Gasteiger partial charge in [0.1, 0.15) is 0 Å². The number of nitrogens with two attached hydrogens (primary N) is 1. The second-order valence-corrected chi connectivity index (χ2v) is 6.26. The first-order valence-electron chi connectivity index (χ1n) is 8.03. The van der Waals surface area contributed by atoms with Gasteiger partial charge in [0, 0.05) is 12.1 Å². The molecule has 24 heavy (non-hydrogen) atoms. The Morgan fingerprint density at radius 1 is 1.08 bits per heavy atom. The average molecular weight is 354 g/mol. The van der Waals surface area contributed by atoms with Crippen molar-refractivity contribution in [3.05, 3.63) is 0 Å². The van der Waals surface area contributed by atoms with Gasteiger partial charge in [0.2, 0.25) is 11.8 Å². The van der Waals surface area contributed by atoms with Gasteiger partial charge in [0.25, 0.3) is 0 Å². The van der Waals surface area contributed by atoms with Crippen molar-refractivity contribution >= 4 is 11.8 Å². The zero-order valence-electron chi connectivity index (χ0n) is 14.9. The SMILES string of the molecule is CCN(C)C(CCC(C)NC(=O)C(N)C(F)(F)F)C(=O)NC(C)C. The molecule has 3 atom stereocenters. The lowest BCUT2D eigenvalue weighted by Crippen LogP contribution is -2.52. The van der Waals surface area contributed by atoms with E-state index in [4.69, 9.17) is 5.73 Å². The highest BCUT2D eigenvalue weighted by Gasteiger charge is 2.42. The third-order valence-corrected chi connectivity index (χ3v) is 3.66. The van der Waals surface area contributed by atoms with Crippen LogP contribution in [0.4, 0.5) is 13.2 Å². The van der Waals surface area contributed by atoms with E-state index >= 15 is 0 Å². The van der Waals surface area contributed by atoms with Crippen LogP contribution >= 0.6 is 0 Å². The number of rotatable bonds is 9. The number of carbonyl (C=O) groups is 2. The van der Waals surface area contributed by atoms with E-state index in [0.717, 1.165) is 0 Å². The van der Waals surface area contributed by atoms with Crippen molar-refractivity contribution in [3.8, 4) is 0 Å². The number of amides is 2. The summed E-state index contributed by atoms with van der Waals surface area (Å²) in [6, 6.07) is -3.48. The van der Waals surface area contributed by atoms with Crippen LogP contribution < -0.4 is 16.4 Å². The van der Waals surface area contributed by atoms with Crippen LogP contribution in [0.1, 0.15) is 40.5 Å². The molecular formula is C15H29F3N4O2. The van der Waals surface area contributed by atoms with Crippen LogP contribution in [0.3, 0.4) is 0 Å². The molecule has 142 valence electrons. The van der Waals surface area contributed by atoms with E-state index < -0.39 is 30.2 Å². The number of likely N-dealkylation sites (N-methyl/N-ethyl adjacent to an activating group) is 1. The van der Waals surface area contributed by atoms with Gasteiger partial charge in [0.05, 0.1) is 6.04 Å². The van der Waals surface area contributed by atoms with Gasteiger partial charge in [-0.3, -0.25) is 14.5 Å². The zero-order chi connectivity index (χ0) is 19.1. The van der Waals surface area contributed by atoms with Crippen molar-refractivity contribution in [2.45, 2.75) is 70.9 Å². The van der Waals surface area contributed by atoms with Crippen LogP contribution in [-0.2, 0) is 9.59 Å². The van der Waals surface area contributed by atoms with Crippen LogP contribution in [0.15, 0.2) is 0 Å². The number of alkyl halides is 3. The van der Waals surface area contributed by atoms with Crippen molar-refractivity contribution in [1.29, 1.82) is 0 Å². The molecule has 4 N–H and O–H groups in total. The monoisotopic (exact) mass is 354 g/mol. The Balaban J connectivity index is 4.63. The number of hydrogen-bond donors (Lipinski definition) is 3. The van der Waals surface area contributed by atoms with Crippen molar-refractivity contribution in [2.24, 2.45) is 5.73 Å². The molecule has 0 bridgehead atoms. The highest BCUT2D eigenvalue weighted by atomic mass is 19.4. The van der Waals surface area contributed by atoms with Gasteiger partial charge in [-0.05, 0) is 47.2 Å². The van der Waals surface area contributed by atoms with Crippen LogP contribution in [0, 0.1) is 0 Å². The molecule has 0 spiro atoms. The number of halogens is 3. The minimum absolute atomic E-state index is 0.00725. The highest BCUT2D eigenvalue weighted by Crippen LogP contribution is 2.18. The Hall–Kier alpha value is -1.35. The normalized spacial score (nSPS) is 16.0. The van der Waals surface area contributed by atoms with E-state index in [2.05, 4.69) is 10.6 Å². The average Bonchev–Trinajstić information content (AvgIpc) is 2.44. The molecule has 0 aromatic rings. The summed E-state index contributed by atoms with van der Waals surface area (Å²) in [6.45, 7) is 7.84. The van der Waals surface area contributed by atoms with Gasteiger partial charge < -0.3 is 16.4 Å². The van der Waals surface area contributed by atoms with Crippen molar-refractivity contribution < 1.29 is 22.8 Å². The van der Waals surface area contributed by atoms with Crippen LogP contribution in [0.5, 0.6) is 0 Å². The number of carbonyl (C=O) groups excluding carboxylic acids is 2. The fourth-order valence-corrected chi connectivity index (χ4v) is 2.11. The summed E-state index contributed by atoms with van der Waals surface area (Å²) in [7, 11) is 1.80. The fourth-order valence-electron chi connectivity index (χ4n) is 2.11. The Bertz CT molecular complexity index is 416. The Labute approximate surface area is 141 Å². The lowest BCUT2D eigenvalue weighted by molar-refractivity contribution is -0.163. The van der Waals surface area contributed by atoms with Crippen molar-refractivity contribution in [1.82, 2.24) is 15.5 Å². The number of nitrogens with zero attached hydrogens (tertiary/aromatic N) is 1. The first-order chi connectivity index (χ1) is 10.9. The minimum atomic E-state index is -4.77. The van der Waals surface area contributed by atoms with E-state index in [1.165, 1.54) is 0 Å².